The van der Waals surface area contributed by atoms with Gasteiger partial charge in [-0.05, 0) is 23.7 Å². The SMILES string of the molecule is CN1C(=O)C(N=[N+]=[N-])N=C(c2ccccc2)c2cc(F)ccc21. The van der Waals surface area contributed by atoms with Crippen LogP contribution >= 0.6 is 0 Å². The molecule has 0 aliphatic carbocycles. The summed E-state index contributed by atoms with van der Waals surface area (Å²) in [6, 6.07) is 13.2. The number of benzene rings is 2. The van der Waals surface area contributed by atoms with E-state index in [0.717, 1.165) is 0 Å². The number of rotatable bonds is 2. The molecule has 1 amide bonds. The van der Waals surface area contributed by atoms with Crippen LogP contribution in [0.5, 0.6) is 0 Å². The molecule has 6 nitrogen and oxygen atoms in total. The van der Waals surface area contributed by atoms with Crippen molar-refractivity contribution in [2.75, 3.05) is 11.9 Å². The molecule has 0 N–H and O–H groups in total. The largest absolute Gasteiger partial charge is 0.313 e. The van der Waals surface area contributed by atoms with E-state index in [1.54, 1.807) is 19.2 Å². The molecule has 1 atom stereocenters. The normalized spacial score (nSPS) is 17.0. The van der Waals surface area contributed by atoms with Gasteiger partial charge in [-0.15, -0.1) is 0 Å². The third-order valence-electron chi connectivity index (χ3n) is 3.59. The van der Waals surface area contributed by atoms with Gasteiger partial charge in [-0.2, -0.15) is 0 Å². The molecule has 23 heavy (non-hydrogen) atoms. The molecule has 3 rings (SSSR count). The number of carbonyl (C=O) groups is 1. The Morgan fingerprint density at radius 1 is 1.26 bits per heavy atom. The van der Waals surface area contributed by atoms with Crippen molar-refractivity contribution in [2.24, 2.45) is 10.1 Å². The fraction of sp³-hybridized carbons (Fsp3) is 0.125. The van der Waals surface area contributed by atoms with Crippen molar-refractivity contribution in [1.29, 1.82) is 0 Å². The molecular formula is C16H12FN5O. The van der Waals surface area contributed by atoms with E-state index < -0.39 is 17.9 Å². The summed E-state index contributed by atoms with van der Waals surface area (Å²) in [4.78, 5) is 20.7. The molecule has 2 aromatic carbocycles. The molecule has 1 heterocycles. The number of amides is 1. The van der Waals surface area contributed by atoms with Gasteiger partial charge in [0.1, 0.15) is 5.82 Å². The van der Waals surface area contributed by atoms with Crippen LogP contribution in [-0.2, 0) is 4.79 Å². The Balaban J connectivity index is 2.30. The first-order valence-electron chi connectivity index (χ1n) is 6.86. The second-order valence-electron chi connectivity index (χ2n) is 4.98. The molecule has 1 unspecified atom stereocenters. The molecule has 0 aromatic heterocycles. The van der Waals surface area contributed by atoms with E-state index in [1.807, 2.05) is 18.2 Å². The van der Waals surface area contributed by atoms with Crippen LogP contribution in [0, 0.1) is 5.82 Å². The predicted molar refractivity (Wildman–Crippen MR) is 84.8 cm³/mol. The molecule has 0 spiro atoms. The van der Waals surface area contributed by atoms with Gasteiger partial charge in [0.2, 0.25) is 6.17 Å². The highest BCUT2D eigenvalue weighted by Crippen LogP contribution is 2.28. The lowest BCUT2D eigenvalue weighted by Gasteiger charge is -2.18. The van der Waals surface area contributed by atoms with Crippen molar-refractivity contribution in [3.05, 3.63) is 75.9 Å². The summed E-state index contributed by atoms with van der Waals surface area (Å²) >= 11 is 0. The zero-order valence-electron chi connectivity index (χ0n) is 12.2. The number of carbonyl (C=O) groups excluding carboxylic acids is 1. The molecule has 0 saturated heterocycles. The number of likely N-dealkylation sites (N-methyl/N-ethyl adjacent to an activating group) is 1. The predicted octanol–water partition coefficient (Wildman–Crippen LogP) is 3.28. The molecule has 0 saturated carbocycles. The Labute approximate surface area is 131 Å². The second-order valence-corrected chi connectivity index (χ2v) is 4.98. The highest BCUT2D eigenvalue weighted by Gasteiger charge is 2.29. The average Bonchev–Trinajstić information content (AvgIpc) is 2.66. The van der Waals surface area contributed by atoms with E-state index in [0.29, 0.717) is 22.5 Å². The molecule has 2 aromatic rings. The van der Waals surface area contributed by atoms with Crippen molar-refractivity contribution in [1.82, 2.24) is 0 Å². The first-order valence-corrected chi connectivity index (χ1v) is 6.86. The van der Waals surface area contributed by atoms with E-state index in [2.05, 4.69) is 15.0 Å². The maximum Gasteiger partial charge on any atom is 0.257 e. The standard InChI is InChI=1S/C16H12FN5O/c1-22-13-8-7-11(17)9-12(13)14(10-5-3-2-4-6-10)19-15(16(22)23)20-21-18/h2-9,15H,1H3. The number of fused-ring (bicyclic) bond motifs is 1. The summed E-state index contributed by atoms with van der Waals surface area (Å²) in [7, 11) is 1.54. The minimum absolute atomic E-state index is 0.412. The summed E-state index contributed by atoms with van der Waals surface area (Å²) in [5.41, 5.74) is 10.8. The molecule has 1 aliphatic rings. The van der Waals surface area contributed by atoms with E-state index in [1.165, 1.54) is 23.1 Å². The minimum atomic E-state index is -1.23. The number of hydrogen-bond donors (Lipinski definition) is 0. The van der Waals surface area contributed by atoms with Gasteiger partial charge in [0.25, 0.3) is 5.91 Å². The van der Waals surface area contributed by atoms with E-state index in [9.17, 15) is 9.18 Å². The lowest BCUT2D eigenvalue weighted by Crippen LogP contribution is -2.33. The van der Waals surface area contributed by atoms with Crippen molar-refractivity contribution in [3.8, 4) is 0 Å². The van der Waals surface area contributed by atoms with E-state index in [-0.39, 0.29) is 0 Å². The summed E-state index contributed by atoms with van der Waals surface area (Å²) < 4.78 is 13.7. The lowest BCUT2D eigenvalue weighted by atomic mass is 10.00. The maximum absolute atomic E-state index is 13.7. The second kappa shape index (κ2) is 5.90. The number of benzodiazepines with no additional fused rings is 1. The van der Waals surface area contributed by atoms with Crippen LogP contribution in [0.25, 0.3) is 10.4 Å². The van der Waals surface area contributed by atoms with Gasteiger partial charge in [-0.25, -0.2) is 4.39 Å². The number of aliphatic imine (C=N–C) groups is 1. The van der Waals surface area contributed by atoms with Gasteiger partial charge in [-0.1, -0.05) is 35.4 Å². The first-order chi connectivity index (χ1) is 11.1. The summed E-state index contributed by atoms with van der Waals surface area (Å²) in [6.07, 6.45) is -1.23. The summed E-state index contributed by atoms with van der Waals surface area (Å²) in [6.45, 7) is 0. The van der Waals surface area contributed by atoms with Crippen molar-refractivity contribution < 1.29 is 9.18 Å². The molecular weight excluding hydrogens is 297 g/mol. The van der Waals surface area contributed by atoms with Crippen molar-refractivity contribution in [2.45, 2.75) is 6.17 Å². The quantitative estimate of drug-likeness (QED) is 0.476. The van der Waals surface area contributed by atoms with Crippen LogP contribution in [0.3, 0.4) is 0 Å². The van der Waals surface area contributed by atoms with Gasteiger partial charge in [0, 0.05) is 23.1 Å². The topological polar surface area (TPSA) is 81.4 Å². The number of halogens is 1. The minimum Gasteiger partial charge on any atom is -0.313 e. The third kappa shape index (κ3) is 2.65. The highest BCUT2D eigenvalue weighted by molar-refractivity contribution is 6.20. The van der Waals surface area contributed by atoms with Gasteiger partial charge in [0.15, 0.2) is 0 Å². The van der Waals surface area contributed by atoms with Gasteiger partial charge in [0.05, 0.1) is 11.4 Å². The zero-order chi connectivity index (χ0) is 16.4. The third-order valence-corrected chi connectivity index (χ3v) is 3.59. The smallest absolute Gasteiger partial charge is 0.257 e. The Morgan fingerprint density at radius 2 is 2.00 bits per heavy atom. The lowest BCUT2D eigenvalue weighted by molar-refractivity contribution is -0.119. The Bertz CT molecular complexity index is 843. The van der Waals surface area contributed by atoms with Crippen molar-refractivity contribution >= 4 is 17.3 Å². The molecule has 1 aliphatic heterocycles. The van der Waals surface area contributed by atoms with Crippen LogP contribution in [0.2, 0.25) is 0 Å². The highest BCUT2D eigenvalue weighted by atomic mass is 19.1. The first kappa shape index (κ1) is 14.7. The molecule has 7 heteroatoms. The molecule has 0 bridgehead atoms. The van der Waals surface area contributed by atoms with Crippen LogP contribution in [0.1, 0.15) is 11.1 Å². The molecule has 0 fully saturated rings. The number of azide groups is 1. The van der Waals surface area contributed by atoms with Crippen LogP contribution < -0.4 is 4.90 Å². The Hall–Kier alpha value is -3.18. The Kier molecular flexibility index (Phi) is 3.78. The number of hydrogen-bond acceptors (Lipinski definition) is 3. The van der Waals surface area contributed by atoms with Crippen molar-refractivity contribution in [3.63, 3.8) is 0 Å². The molecule has 0 radical (unpaired) electrons. The fourth-order valence-corrected chi connectivity index (χ4v) is 2.48. The van der Waals surface area contributed by atoms with Gasteiger partial charge < -0.3 is 4.90 Å². The van der Waals surface area contributed by atoms with Crippen LogP contribution in [0.4, 0.5) is 10.1 Å². The number of nitrogens with zero attached hydrogens (tertiary/aromatic N) is 5. The van der Waals surface area contributed by atoms with Gasteiger partial charge >= 0.3 is 0 Å². The summed E-state index contributed by atoms with van der Waals surface area (Å²) in [5, 5.41) is 3.46. The van der Waals surface area contributed by atoms with Gasteiger partial charge in [-0.3, -0.25) is 9.79 Å². The van der Waals surface area contributed by atoms with E-state index >= 15 is 0 Å². The zero-order valence-corrected chi connectivity index (χ0v) is 12.2. The number of anilines is 1. The fourth-order valence-electron chi connectivity index (χ4n) is 2.48. The molecule has 114 valence electrons. The van der Waals surface area contributed by atoms with E-state index in [4.69, 9.17) is 5.53 Å². The summed E-state index contributed by atoms with van der Waals surface area (Å²) in [5.74, 6) is -0.906. The average molecular weight is 309 g/mol. The maximum atomic E-state index is 13.7. The van der Waals surface area contributed by atoms with Crippen LogP contribution in [0.15, 0.2) is 58.6 Å². The monoisotopic (exact) mass is 309 g/mol. The van der Waals surface area contributed by atoms with Crippen LogP contribution in [-0.4, -0.2) is 24.8 Å². The Morgan fingerprint density at radius 3 is 2.70 bits per heavy atom.